The van der Waals surface area contributed by atoms with E-state index in [9.17, 15) is 14.9 Å². The van der Waals surface area contributed by atoms with Gasteiger partial charge in [-0.15, -0.1) is 0 Å². The lowest BCUT2D eigenvalue weighted by Gasteiger charge is -2.16. The molecule has 0 aliphatic carbocycles. The van der Waals surface area contributed by atoms with E-state index in [1.54, 1.807) is 6.08 Å². The molecule has 0 aliphatic rings. The highest BCUT2D eigenvalue weighted by molar-refractivity contribution is 5.87. The standard InChI is InChI=1S/C18H19N3O4/c1-2-15(20-17-10-9-16(12-19-17)21(23)24)13-25-18(22)11-8-14-6-4-3-5-7-14/h3-12,15H,2,13H2,1H3,(H,19,20)/b11-8+. The van der Waals surface area contributed by atoms with Crippen molar-refractivity contribution in [2.75, 3.05) is 11.9 Å². The van der Waals surface area contributed by atoms with Crippen LogP contribution >= 0.6 is 0 Å². The summed E-state index contributed by atoms with van der Waals surface area (Å²) < 4.78 is 5.23. The summed E-state index contributed by atoms with van der Waals surface area (Å²) >= 11 is 0. The van der Waals surface area contributed by atoms with Gasteiger partial charge in [-0.1, -0.05) is 37.3 Å². The van der Waals surface area contributed by atoms with E-state index < -0.39 is 10.9 Å². The molecule has 1 heterocycles. The van der Waals surface area contributed by atoms with Gasteiger partial charge in [0, 0.05) is 12.1 Å². The summed E-state index contributed by atoms with van der Waals surface area (Å²) in [5.41, 5.74) is 0.843. The largest absolute Gasteiger partial charge is 0.460 e. The van der Waals surface area contributed by atoms with Crippen LogP contribution in [-0.2, 0) is 9.53 Å². The second-order valence-electron chi connectivity index (χ2n) is 5.28. The highest BCUT2D eigenvalue weighted by atomic mass is 16.6. The molecule has 1 aromatic heterocycles. The van der Waals surface area contributed by atoms with Crippen LogP contribution in [0.5, 0.6) is 0 Å². The molecule has 1 aromatic carbocycles. The van der Waals surface area contributed by atoms with Crippen molar-refractivity contribution in [2.24, 2.45) is 0 Å². The molecule has 25 heavy (non-hydrogen) atoms. The molecule has 0 amide bonds. The summed E-state index contributed by atoms with van der Waals surface area (Å²) in [5, 5.41) is 13.7. The number of hydrogen-bond acceptors (Lipinski definition) is 6. The fourth-order valence-electron chi connectivity index (χ4n) is 2.01. The average molecular weight is 341 g/mol. The number of benzene rings is 1. The number of carbonyl (C=O) groups is 1. The number of pyridine rings is 1. The van der Waals surface area contributed by atoms with E-state index in [0.29, 0.717) is 12.2 Å². The molecule has 0 saturated heterocycles. The van der Waals surface area contributed by atoms with Crippen molar-refractivity contribution in [3.05, 3.63) is 70.4 Å². The van der Waals surface area contributed by atoms with E-state index in [2.05, 4.69) is 10.3 Å². The number of anilines is 1. The van der Waals surface area contributed by atoms with Crippen LogP contribution in [0.1, 0.15) is 18.9 Å². The molecule has 0 fully saturated rings. The van der Waals surface area contributed by atoms with Gasteiger partial charge < -0.3 is 10.1 Å². The predicted molar refractivity (Wildman–Crippen MR) is 95.0 cm³/mol. The lowest BCUT2D eigenvalue weighted by molar-refractivity contribution is -0.385. The second-order valence-corrected chi connectivity index (χ2v) is 5.28. The van der Waals surface area contributed by atoms with Crippen molar-refractivity contribution in [3.8, 4) is 0 Å². The number of hydrogen-bond donors (Lipinski definition) is 1. The molecule has 0 saturated carbocycles. The van der Waals surface area contributed by atoms with Gasteiger partial charge in [-0.3, -0.25) is 10.1 Å². The van der Waals surface area contributed by atoms with Crippen molar-refractivity contribution < 1.29 is 14.5 Å². The Labute approximate surface area is 145 Å². The van der Waals surface area contributed by atoms with Crippen LogP contribution in [0.2, 0.25) is 0 Å². The first-order valence-electron chi connectivity index (χ1n) is 7.85. The van der Waals surface area contributed by atoms with Crippen molar-refractivity contribution >= 4 is 23.6 Å². The maximum Gasteiger partial charge on any atom is 0.330 e. The first-order valence-corrected chi connectivity index (χ1v) is 7.85. The molecule has 0 bridgehead atoms. The number of rotatable bonds is 8. The van der Waals surface area contributed by atoms with Crippen LogP contribution in [0.4, 0.5) is 11.5 Å². The molecule has 1 N–H and O–H groups in total. The van der Waals surface area contributed by atoms with Crippen LogP contribution in [0, 0.1) is 10.1 Å². The number of nitro groups is 1. The second kappa shape index (κ2) is 9.17. The van der Waals surface area contributed by atoms with Gasteiger partial charge in [-0.05, 0) is 24.1 Å². The van der Waals surface area contributed by atoms with Gasteiger partial charge in [0.15, 0.2) is 0 Å². The molecule has 0 radical (unpaired) electrons. The number of aromatic nitrogens is 1. The van der Waals surface area contributed by atoms with E-state index in [-0.39, 0.29) is 18.3 Å². The van der Waals surface area contributed by atoms with Gasteiger partial charge in [0.05, 0.1) is 11.0 Å². The molecule has 7 nitrogen and oxygen atoms in total. The zero-order chi connectivity index (χ0) is 18.1. The Morgan fingerprint density at radius 3 is 2.68 bits per heavy atom. The highest BCUT2D eigenvalue weighted by Crippen LogP contribution is 2.13. The monoisotopic (exact) mass is 341 g/mol. The number of nitrogens with zero attached hydrogens (tertiary/aromatic N) is 2. The number of ether oxygens (including phenoxy) is 1. The Balaban J connectivity index is 1.84. The first kappa shape index (κ1) is 18.1. The summed E-state index contributed by atoms with van der Waals surface area (Å²) in [6.45, 7) is 2.11. The molecule has 130 valence electrons. The fourth-order valence-corrected chi connectivity index (χ4v) is 2.01. The Morgan fingerprint density at radius 1 is 1.32 bits per heavy atom. The Hall–Kier alpha value is -3.22. The summed E-state index contributed by atoms with van der Waals surface area (Å²) in [4.78, 5) is 25.9. The molecule has 2 aromatic rings. The van der Waals surface area contributed by atoms with E-state index in [4.69, 9.17) is 4.74 Å². The average Bonchev–Trinajstić information content (AvgIpc) is 2.64. The minimum atomic E-state index is -0.505. The van der Waals surface area contributed by atoms with E-state index >= 15 is 0 Å². The van der Waals surface area contributed by atoms with Gasteiger partial charge in [0.1, 0.15) is 18.6 Å². The van der Waals surface area contributed by atoms with E-state index in [1.807, 2.05) is 37.3 Å². The predicted octanol–water partition coefficient (Wildman–Crippen LogP) is 3.44. The molecule has 0 aliphatic heterocycles. The number of esters is 1. The summed E-state index contributed by atoms with van der Waals surface area (Å²) in [6.07, 6.45) is 4.96. The highest BCUT2D eigenvalue weighted by Gasteiger charge is 2.11. The number of nitrogens with one attached hydrogen (secondary N) is 1. The van der Waals surface area contributed by atoms with Crippen molar-refractivity contribution in [1.29, 1.82) is 0 Å². The van der Waals surface area contributed by atoms with Crippen molar-refractivity contribution in [1.82, 2.24) is 4.98 Å². The lowest BCUT2D eigenvalue weighted by Crippen LogP contribution is -2.26. The number of carbonyl (C=O) groups excluding carboxylic acids is 1. The minimum Gasteiger partial charge on any atom is -0.460 e. The smallest absolute Gasteiger partial charge is 0.330 e. The molecule has 1 atom stereocenters. The van der Waals surface area contributed by atoms with Crippen LogP contribution in [0.15, 0.2) is 54.7 Å². The Morgan fingerprint density at radius 2 is 2.08 bits per heavy atom. The molecular weight excluding hydrogens is 322 g/mol. The SMILES string of the molecule is CCC(COC(=O)/C=C/c1ccccc1)Nc1ccc([N+](=O)[O-])cn1. The maximum absolute atomic E-state index is 11.8. The van der Waals surface area contributed by atoms with Crippen LogP contribution in [-0.4, -0.2) is 28.5 Å². The third-order valence-electron chi connectivity index (χ3n) is 3.44. The molecule has 2 rings (SSSR count). The first-order chi connectivity index (χ1) is 12.1. The van der Waals surface area contributed by atoms with Gasteiger partial charge in [0.2, 0.25) is 0 Å². The molecule has 7 heteroatoms. The lowest BCUT2D eigenvalue weighted by atomic mass is 10.2. The molecule has 1 unspecified atom stereocenters. The molecular formula is C18H19N3O4. The van der Waals surface area contributed by atoms with Crippen molar-refractivity contribution in [2.45, 2.75) is 19.4 Å². The zero-order valence-electron chi connectivity index (χ0n) is 13.8. The van der Waals surface area contributed by atoms with Crippen molar-refractivity contribution in [3.63, 3.8) is 0 Å². The van der Waals surface area contributed by atoms with Gasteiger partial charge >= 0.3 is 5.97 Å². The van der Waals surface area contributed by atoms with E-state index in [1.165, 1.54) is 24.4 Å². The van der Waals surface area contributed by atoms with Crippen LogP contribution < -0.4 is 5.32 Å². The van der Waals surface area contributed by atoms with Gasteiger partial charge in [0.25, 0.3) is 5.69 Å². The fraction of sp³-hybridized carbons (Fsp3) is 0.222. The third kappa shape index (κ3) is 6.06. The Bertz CT molecular complexity index is 730. The summed E-state index contributed by atoms with van der Waals surface area (Å²) in [7, 11) is 0. The summed E-state index contributed by atoms with van der Waals surface area (Å²) in [6, 6.07) is 12.2. The van der Waals surface area contributed by atoms with Crippen LogP contribution in [0.25, 0.3) is 6.08 Å². The Kier molecular flexibility index (Phi) is 6.65. The van der Waals surface area contributed by atoms with Crippen LogP contribution in [0.3, 0.4) is 0 Å². The van der Waals surface area contributed by atoms with E-state index in [0.717, 1.165) is 5.56 Å². The summed E-state index contributed by atoms with van der Waals surface area (Å²) in [5.74, 6) is 0.0640. The zero-order valence-corrected chi connectivity index (χ0v) is 13.8. The minimum absolute atomic E-state index is 0.0731. The third-order valence-corrected chi connectivity index (χ3v) is 3.44. The quantitative estimate of drug-likeness (QED) is 0.342. The molecule has 0 spiro atoms. The van der Waals surface area contributed by atoms with Gasteiger partial charge in [-0.2, -0.15) is 0 Å². The normalized spacial score (nSPS) is 11.9. The topological polar surface area (TPSA) is 94.4 Å². The maximum atomic E-state index is 11.8. The van der Waals surface area contributed by atoms with Gasteiger partial charge in [-0.25, -0.2) is 9.78 Å².